The molecule has 48 heavy (non-hydrogen) atoms. The molecule has 1 spiro atoms. The van der Waals surface area contributed by atoms with E-state index in [1.165, 1.54) is 0 Å². The van der Waals surface area contributed by atoms with Crippen LogP contribution < -0.4 is 5.32 Å². The van der Waals surface area contributed by atoms with E-state index in [0.717, 1.165) is 37.0 Å². The number of carbonyl (C=O) groups is 2. The number of benzene rings is 2. The lowest BCUT2D eigenvalue weighted by Gasteiger charge is -2.47. The van der Waals surface area contributed by atoms with E-state index in [-0.39, 0.29) is 34.6 Å². The van der Waals surface area contributed by atoms with E-state index < -0.39 is 35.2 Å². The van der Waals surface area contributed by atoms with Gasteiger partial charge >= 0.3 is 6.18 Å². The molecule has 13 heteroatoms. The third kappa shape index (κ3) is 7.76. The second-order valence-electron chi connectivity index (χ2n) is 15.2. The quantitative estimate of drug-likeness (QED) is 0.242. The number of halogens is 4. The second-order valence-corrected chi connectivity index (χ2v) is 15.2. The summed E-state index contributed by atoms with van der Waals surface area (Å²) in [5, 5.41) is 16.2. The van der Waals surface area contributed by atoms with E-state index in [4.69, 9.17) is 4.99 Å². The van der Waals surface area contributed by atoms with Crippen molar-refractivity contribution in [1.82, 2.24) is 30.8 Å². The number of aliphatic imine (C=N–C) groups is 1. The predicted molar refractivity (Wildman–Crippen MR) is 172 cm³/mol. The van der Waals surface area contributed by atoms with Crippen molar-refractivity contribution in [3.8, 4) is 0 Å². The first kappa shape index (κ1) is 35.2. The van der Waals surface area contributed by atoms with Gasteiger partial charge in [0, 0.05) is 11.1 Å². The van der Waals surface area contributed by atoms with Crippen LogP contribution in [-0.4, -0.2) is 48.7 Å². The normalized spacial score (nSPS) is 21.0. The number of carbonyl (C=O) groups excluding carboxylic acids is 2. The summed E-state index contributed by atoms with van der Waals surface area (Å²) in [6.07, 6.45) is -0.942. The molecule has 1 fully saturated rings. The second kappa shape index (κ2) is 13.0. The average molecular weight is 670 g/mol. The average Bonchev–Trinajstić information content (AvgIpc) is 3.62. The van der Waals surface area contributed by atoms with Crippen LogP contribution in [0.2, 0.25) is 0 Å². The summed E-state index contributed by atoms with van der Waals surface area (Å²) in [6.45, 7) is 12.9. The number of tetrazole rings is 1. The van der Waals surface area contributed by atoms with E-state index in [9.17, 15) is 27.2 Å². The van der Waals surface area contributed by atoms with Gasteiger partial charge < -0.3 is 10.2 Å². The van der Waals surface area contributed by atoms with Gasteiger partial charge in [-0.25, -0.2) is 4.39 Å². The fraction of sp³-hybridized carbons (Fsp3) is 0.543. The maximum Gasteiger partial charge on any atom is 0.416 e. The van der Waals surface area contributed by atoms with Gasteiger partial charge in [0.05, 0.1) is 18.2 Å². The first-order valence-corrected chi connectivity index (χ1v) is 16.3. The highest BCUT2D eigenvalue weighted by Gasteiger charge is 2.53. The van der Waals surface area contributed by atoms with Crippen molar-refractivity contribution in [3.63, 3.8) is 0 Å². The van der Waals surface area contributed by atoms with Crippen molar-refractivity contribution in [3.05, 3.63) is 76.4 Å². The molecule has 9 nitrogen and oxygen atoms in total. The SMILES string of the molecule is CC(C)(C)CC[C@H](c1ccc(C(=O)NCc2nn[nH]n2)cc1)N1C(=O)C(c2cc(F)cc(C(F)(F)F)c2)=NC12CCC(C(C)(C)C)CC2. The molecule has 2 heterocycles. The number of nitrogens with one attached hydrogen (secondary N) is 2. The van der Waals surface area contributed by atoms with E-state index in [1.54, 1.807) is 29.2 Å². The first-order chi connectivity index (χ1) is 22.4. The summed E-state index contributed by atoms with van der Waals surface area (Å²) in [5.41, 5.74) is -1.44. The molecule has 0 saturated heterocycles. The molecule has 0 unspecified atom stereocenters. The van der Waals surface area contributed by atoms with Crippen LogP contribution in [0.25, 0.3) is 0 Å². The number of aromatic amines is 1. The Labute approximate surface area is 278 Å². The third-order valence-electron chi connectivity index (χ3n) is 9.53. The van der Waals surface area contributed by atoms with Gasteiger partial charge in [-0.15, -0.1) is 10.2 Å². The number of hydrogen-bond acceptors (Lipinski definition) is 6. The minimum absolute atomic E-state index is 0.0253. The van der Waals surface area contributed by atoms with Gasteiger partial charge in [-0.05, 0) is 91.2 Å². The molecule has 2 N–H and O–H groups in total. The summed E-state index contributed by atoms with van der Waals surface area (Å²) in [7, 11) is 0. The molecule has 1 atom stereocenters. The number of alkyl halides is 3. The van der Waals surface area contributed by atoms with Gasteiger partial charge in [0.15, 0.2) is 5.82 Å². The lowest BCUT2D eigenvalue weighted by Crippen LogP contribution is -2.51. The Balaban J connectivity index is 1.54. The molecule has 1 aliphatic heterocycles. The Morgan fingerprint density at radius 2 is 1.71 bits per heavy atom. The Kier molecular flexibility index (Phi) is 9.55. The van der Waals surface area contributed by atoms with E-state index in [1.807, 2.05) is 0 Å². The zero-order valence-corrected chi connectivity index (χ0v) is 28.2. The van der Waals surface area contributed by atoms with Crippen LogP contribution in [0.4, 0.5) is 17.6 Å². The Morgan fingerprint density at radius 3 is 2.27 bits per heavy atom. The minimum atomic E-state index is -4.80. The van der Waals surface area contributed by atoms with Crippen LogP contribution in [0.15, 0.2) is 47.5 Å². The molecule has 0 bridgehead atoms. The number of hydrogen-bond donors (Lipinski definition) is 2. The molecule has 0 radical (unpaired) electrons. The summed E-state index contributed by atoms with van der Waals surface area (Å²) in [6, 6.07) is 8.66. The van der Waals surface area contributed by atoms with Crippen LogP contribution in [0.1, 0.15) is 119 Å². The standard InChI is InChI=1S/C35H43F4N7O2/c1-32(2,3)14-13-27(21-7-9-22(10-8-21)30(47)40-20-28-42-44-45-43-28)46-31(48)29(23-17-25(35(37,38)39)19-26(36)18-23)41-34(46)15-11-24(12-16-34)33(4,5)6/h7-10,17-19,24,27H,11-16,20H2,1-6H3,(H,40,47)(H,42,43,44,45)/t24?,27-,34?/m1/s1. The Bertz CT molecular complexity index is 1650. The molecular weight excluding hydrogens is 626 g/mol. The lowest BCUT2D eigenvalue weighted by molar-refractivity contribution is -0.138. The zero-order chi connectivity index (χ0) is 35.1. The number of amides is 2. The van der Waals surface area contributed by atoms with Crippen molar-refractivity contribution < 1.29 is 27.2 Å². The van der Waals surface area contributed by atoms with E-state index >= 15 is 0 Å². The topological polar surface area (TPSA) is 116 Å². The third-order valence-corrected chi connectivity index (χ3v) is 9.53. The molecule has 2 aliphatic rings. The highest BCUT2D eigenvalue weighted by molar-refractivity contribution is 6.46. The summed E-state index contributed by atoms with van der Waals surface area (Å²) < 4.78 is 55.9. The monoisotopic (exact) mass is 669 g/mol. The highest BCUT2D eigenvalue weighted by atomic mass is 19.4. The smallest absolute Gasteiger partial charge is 0.345 e. The van der Waals surface area contributed by atoms with Crippen LogP contribution in [0, 0.1) is 22.6 Å². The highest BCUT2D eigenvalue weighted by Crippen LogP contribution is 2.50. The van der Waals surface area contributed by atoms with Gasteiger partial charge in [0.2, 0.25) is 0 Å². The van der Waals surface area contributed by atoms with Crippen LogP contribution in [0.5, 0.6) is 0 Å². The molecule has 2 aromatic carbocycles. The number of H-pyrrole nitrogens is 1. The lowest BCUT2D eigenvalue weighted by atomic mass is 9.69. The van der Waals surface area contributed by atoms with Crippen molar-refractivity contribution in [2.75, 3.05) is 0 Å². The largest absolute Gasteiger partial charge is 0.416 e. The van der Waals surface area contributed by atoms with Gasteiger partial charge in [0.1, 0.15) is 17.2 Å². The molecule has 1 saturated carbocycles. The molecular formula is C35H43F4N7O2. The molecule has 5 rings (SSSR count). The number of rotatable bonds is 8. The van der Waals surface area contributed by atoms with Crippen molar-refractivity contribution in [2.24, 2.45) is 21.7 Å². The van der Waals surface area contributed by atoms with E-state index in [0.29, 0.717) is 42.6 Å². The van der Waals surface area contributed by atoms with Crippen LogP contribution in [-0.2, 0) is 17.5 Å². The number of nitrogens with zero attached hydrogens (tertiary/aromatic N) is 5. The van der Waals surface area contributed by atoms with Crippen molar-refractivity contribution in [2.45, 2.75) is 104 Å². The van der Waals surface area contributed by atoms with Gasteiger partial charge in [-0.2, -0.15) is 18.4 Å². The first-order valence-electron chi connectivity index (χ1n) is 16.3. The van der Waals surface area contributed by atoms with E-state index in [2.05, 4.69) is 67.5 Å². The Morgan fingerprint density at radius 1 is 1.04 bits per heavy atom. The zero-order valence-electron chi connectivity index (χ0n) is 28.2. The predicted octanol–water partition coefficient (Wildman–Crippen LogP) is 7.42. The fourth-order valence-electron chi connectivity index (χ4n) is 6.81. The van der Waals surface area contributed by atoms with Crippen LogP contribution >= 0.6 is 0 Å². The molecule has 1 aliphatic carbocycles. The van der Waals surface area contributed by atoms with Crippen molar-refractivity contribution in [1.29, 1.82) is 0 Å². The minimum Gasteiger partial charge on any atom is -0.345 e. The summed E-state index contributed by atoms with van der Waals surface area (Å²) in [4.78, 5) is 34.1. The van der Waals surface area contributed by atoms with Gasteiger partial charge in [0.25, 0.3) is 11.8 Å². The summed E-state index contributed by atoms with van der Waals surface area (Å²) >= 11 is 0. The van der Waals surface area contributed by atoms with Gasteiger partial charge in [-0.3, -0.25) is 14.6 Å². The maximum absolute atomic E-state index is 14.6. The van der Waals surface area contributed by atoms with Gasteiger partial charge in [-0.1, -0.05) is 58.9 Å². The maximum atomic E-state index is 14.6. The van der Waals surface area contributed by atoms with Crippen molar-refractivity contribution >= 4 is 17.5 Å². The molecule has 3 aromatic rings. The summed E-state index contributed by atoms with van der Waals surface area (Å²) in [5.74, 6) is -1.26. The molecule has 258 valence electrons. The molecule has 2 amide bonds. The fourth-order valence-corrected chi connectivity index (χ4v) is 6.81. The Hall–Kier alpha value is -4.16. The number of aromatic nitrogens is 4. The molecule has 1 aromatic heterocycles. The van der Waals surface area contributed by atoms with Crippen LogP contribution in [0.3, 0.4) is 0 Å².